The van der Waals surface area contributed by atoms with Crippen molar-refractivity contribution in [3.8, 4) is 0 Å². The Morgan fingerprint density at radius 2 is 1.78 bits per heavy atom. The van der Waals surface area contributed by atoms with Crippen LogP contribution in [-0.2, 0) is 6.54 Å². The monoisotopic (exact) mass is 315 g/mol. The summed E-state index contributed by atoms with van der Waals surface area (Å²) in [4.78, 5) is 16.9. The van der Waals surface area contributed by atoms with Crippen molar-refractivity contribution < 1.29 is 0 Å². The summed E-state index contributed by atoms with van der Waals surface area (Å²) in [5, 5.41) is 0. The van der Waals surface area contributed by atoms with E-state index >= 15 is 0 Å². The van der Waals surface area contributed by atoms with Crippen LogP contribution in [0.25, 0.3) is 0 Å². The molecule has 4 heterocycles. The van der Waals surface area contributed by atoms with E-state index < -0.39 is 0 Å². The van der Waals surface area contributed by atoms with Gasteiger partial charge in [0.2, 0.25) is 5.95 Å². The summed E-state index contributed by atoms with van der Waals surface area (Å²) in [7, 11) is 0. The van der Waals surface area contributed by atoms with E-state index in [0.29, 0.717) is 6.04 Å². The zero-order valence-electron chi connectivity index (χ0n) is 14.3. The largest absolute Gasteiger partial charge is 0.341 e. The molecule has 0 spiro atoms. The van der Waals surface area contributed by atoms with Crippen molar-refractivity contribution in [3.05, 3.63) is 18.0 Å². The molecule has 0 amide bonds. The van der Waals surface area contributed by atoms with Gasteiger partial charge in [0.15, 0.2) is 0 Å². The lowest BCUT2D eigenvalue weighted by atomic mass is 10.1. The minimum atomic E-state index is 0.631. The zero-order chi connectivity index (χ0) is 15.6. The molecule has 1 unspecified atom stereocenters. The quantitative estimate of drug-likeness (QED) is 0.854. The number of fused-ring (bicyclic) bond motifs is 1. The van der Waals surface area contributed by atoms with Gasteiger partial charge in [-0.15, -0.1) is 0 Å². The van der Waals surface area contributed by atoms with Crippen LogP contribution in [0.4, 0.5) is 5.95 Å². The third-order valence-corrected chi connectivity index (χ3v) is 5.78. The lowest BCUT2D eigenvalue weighted by molar-refractivity contribution is 0.0539. The Morgan fingerprint density at radius 3 is 2.57 bits per heavy atom. The van der Waals surface area contributed by atoms with Gasteiger partial charge < -0.3 is 4.90 Å². The van der Waals surface area contributed by atoms with E-state index in [2.05, 4.69) is 31.6 Å². The normalized spacial score (nSPS) is 29.7. The van der Waals surface area contributed by atoms with Gasteiger partial charge in [-0.3, -0.25) is 9.80 Å². The van der Waals surface area contributed by atoms with E-state index in [9.17, 15) is 0 Å². The molecule has 0 saturated carbocycles. The Hall–Kier alpha value is -1.20. The van der Waals surface area contributed by atoms with Crippen LogP contribution >= 0.6 is 0 Å². The van der Waals surface area contributed by atoms with Crippen molar-refractivity contribution in [1.82, 2.24) is 19.8 Å². The summed E-state index contributed by atoms with van der Waals surface area (Å²) >= 11 is 0. The smallest absolute Gasteiger partial charge is 0.225 e. The van der Waals surface area contributed by atoms with Crippen LogP contribution in [0, 0.1) is 0 Å². The first kappa shape index (κ1) is 15.3. The lowest BCUT2D eigenvalue weighted by Crippen LogP contribution is -2.54. The maximum atomic E-state index is 4.64. The predicted octanol–water partition coefficient (Wildman–Crippen LogP) is 2.14. The standard InChI is InChI=1S/C18H29N5/c1-15-12-22-9-5-6-17(22)14-23(15)13-16-10-19-18(20-11-16)21-7-3-2-4-8-21/h10-11,15,17H,2-9,12-14H2,1H3/t15-,17?/m0/s1. The van der Waals surface area contributed by atoms with Crippen LogP contribution < -0.4 is 4.90 Å². The van der Waals surface area contributed by atoms with Gasteiger partial charge in [-0.2, -0.15) is 0 Å². The van der Waals surface area contributed by atoms with E-state index in [-0.39, 0.29) is 0 Å². The van der Waals surface area contributed by atoms with Crippen molar-refractivity contribution in [2.24, 2.45) is 0 Å². The highest BCUT2D eigenvalue weighted by Crippen LogP contribution is 2.25. The maximum Gasteiger partial charge on any atom is 0.225 e. The molecule has 3 fully saturated rings. The molecule has 3 saturated heterocycles. The predicted molar refractivity (Wildman–Crippen MR) is 92.6 cm³/mol. The van der Waals surface area contributed by atoms with Crippen LogP contribution in [0.2, 0.25) is 0 Å². The zero-order valence-corrected chi connectivity index (χ0v) is 14.3. The third kappa shape index (κ3) is 3.36. The molecule has 126 valence electrons. The number of piperidine rings is 1. The molecule has 23 heavy (non-hydrogen) atoms. The summed E-state index contributed by atoms with van der Waals surface area (Å²) in [6.07, 6.45) is 10.7. The maximum absolute atomic E-state index is 4.64. The number of hydrogen-bond donors (Lipinski definition) is 0. The number of rotatable bonds is 3. The lowest BCUT2D eigenvalue weighted by Gasteiger charge is -2.42. The van der Waals surface area contributed by atoms with Gasteiger partial charge in [-0.05, 0) is 45.6 Å². The molecule has 5 nitrogen and oxygen atoms in total. The fraction of sp³-hybridized carbons (Fsp3) is 0.778. The molecule has 1 aromatic rings. The molecule has 1 aromatic heterocycles. The topological polar surface area (TPSA) is 35.5 Å². The minimum Gasteiger partial charge on any atom is -0.341 e. The molecular weight excluding hydrogens is 286 g/mol. The van der Waals surface area contributed by atoms with Gasteiger partial charge in [0.25, 0.3) is 0 Å². The van der Waals surface area contributed by atoms with Crippen molar-refractivity contribution in [2.75, 3.05) is 37.6 Å². The highest BCUT2D eigenvalue weighted by atomic mass is 15.3. The number of piperazine rings is 1. The second kappa shape index (κ2) is 6.73. The molecular formula is C18H29N5. The molecule has 0 N–H and O–H groups in total. The molecule has 2 atom stereocenters. The van der Waals surface area contributed by atoms with E-state index in [4.69, 9.17) is 0 Å². The van der Waals surface area contributed by atoms with Crippen LogP contribution in [0.1, 0.15) is 44.6 Å². The van der Waals surface area contributed by atoms with Crippen LogP contribution in [0.5, 0.6) is 0 Å². The fourth-order valence-corrected chi connectivity index (χ4v) is 4.39. The van der Waals surface area contributed by atoms with Crippen LogP contribution in [0.3, 0.4) is 0 Å². The van der Waals surface area contributed by atoms with Gasteiger partial charge in [-0.1, -0.05) is 0 Å². The van der Waals surface area contributed by atoms with E-state index in [1.807, 2.05) is 12.4 Å². The van der Waals surface area contributed by atoms with Gasteiger partial charge in [0, 0.05) is 62.8 Å². The Balaban J connectivity index is 1.38. The molecule has 5 heteroatoms. The molecule has 3 aliphatic heterocycles. The molecule has 0 radical (unpaired) electrons. The second-order valence-electron chi connectivity index (χ2n) is 7.51. The third-order valence-electron chi connectivity index (χ3n) is 5.78. The first-order chi connectivity index (χ1) is 11.3. The molecule has 4 rings (SSSR count). The Bertz CT molecular complexity index is 511. The van der Waals surface area contributed by atoms with Crippen LogP contribution in [0.15, 0.2) is 12.4 Å². The Morgan fingerprint density at radius 1 is 1.00 bits per heavy atom. The first-order valence-electron chi connectivity index (χ1n) is 9.33. The molecule has 0 aliphatic carbocycles. The Labute approximate surface area is 139 Å². The van der Waals surface area contributed by atoms with Gasteiger partial charge in [0.1, 0.15) is 0 Å². The van der Waals surface area contributed by atoms with Crippen molar-refractivity contribution >= 4 is 5.95 Å². The van der Waals surface area contributed by atoms with Gasteiger partial charge >= 0.3 is 0 Å². The number of nitrogens with zero attached hydrogens (tertiary/aromatic N) is 5. The van der Waals surface area contributed by atoms with E-state index in [1.54, 1.807) is 0 Å². The highest BCUT2D eigenvalue weighted by molar-refractivity contribution is 5.30. The van der Waals surface area contributed by atoms with Crippen LogP contribution in [-0.4, -0.2) is 64.6 Å². The van der Waals surface area contributed by atoms with Crippen molar-refractivity contribution in [3.63, 3.8) is 0 Å². The Kier molecular flexibility index (Phi) is 4.49. The molecule has 0 aromatic carbocycles. The molecule has 0 bridgehead atoms. The number of aromatic nitrogens is 2. The highest BCUT2D eigenvalue weighted by Gasteiger charge is 2.34. The SMILES string of the molecule is C[C@H]1CN2CCCC2CN1Cc1cnc(N2CCCCC2)nc1. The number of hydrogen-bond acceptors (Lipinski definition) is 5. The average Bonchev–Trinajstić information content (AvgIpc) is 3.04. The van der Waals surface area contributed by atoms with Gasteiger partial charge in [-0.25, -0.2) is 9.97 Å². The van der Waals surface area contributed by atoms with Crippen molar-refractivity contribution in [2.45, 2.75) is 57.7 Å². The first-order valence-corrected chi connectivity index (χ1v) is 9.33. The van der Waals surface area contributed by atoms with E-state index in [1.165, 1.54) is 57.3 Å². The minimum absolute atomic E-state index is 0.631. The average molecular weight is 315 g/mol. The second-order valence-corrected chi connectivity index (χ2v) is 7.51. The summed E-state index contributed by atoms with van der Waals surface area (Å²) in [5.41, 5.74) is 1.25. The summed E-state index contributed by atoms with van der Waals surface area (Å²) in [6.45, 7) is 9.30. The summed E-state index contributed by atoms with van der Waals surface area (Å²) in [6, 6.07) is 1.41. The van der Waals surface area contributed by atoms with Gasteiger partial charge in [0.05, 0.1) is 0 Å². The molecule has 3 aliphatic rings. The summed E-state index contributed by atoms with van der Waals surface area (Å²) in [5.74, 6) is 0.919. The summed E-state index contributed by atoms with van der Waals surface area (Å²) < 4.78 is 0. The van der Waals surface area contributed by atoms with E-state index in [0.717, 1.165) is 31.6 Å². The number of anilines is 1. The fourth-order valence-electron chi connectivity index (χ4n) is 4.39. The van der Waals surface area contributed by atoms with Crippen molar-refractivity contribution in [1.29, 1.82) is 0 Å².